The number of halogens is 4. The van der Waals surface area contributed by atoms with E-state index in [0.29, 0.717) is 22.8 Å². The van der Waals surface area contributed by atoms with Crippen molar-refractivity contribution in [3.63, 3.8) is 0 Å². The zero-order valence-corrected chi connectivity index (χ0v) is 11.8. The summed E-state index contributed by atoms with van der Waals surface area (Å²) in [6.07, 6.45) is 0. The molecule has 0 radical (unpaired) electrons. The Morgan fingerprint density at radius 1 is 1.00 bits per heavy atom. The normalized spacial score (nSPS) is 10.5. The third kappa shape index (κ3) is 3.66. The molecule has 0 fully saturated rings. The maximum atomic E-state index is 13.1. The van der Waals surface area contributed by atoms with Crippen LogP contribution in [0.15, 0.2) is 30.3 Å². The first-order valence-corrected chi connectivity index (χ1v) is 6.46. The van der Waals surface area contributed by atoms with Crippen LogP contribution in [0.5, 0.6) is 5.75 Å². The van der Waals surface area contributed by atoms with E-state index >= 15 is 0 Å². The fourth-order valence-electron chi connectivity index (χ4n) is 1.58. The van der Waals surface area contributed by atoms with Gasteiger partial charge in [0, 0.05) is 17.3 Å². The Labute approximate surface area is 124 Å². The molecule has 2 N–H and O–H groups in total. The van der Waals surface area contributed by atoms with Crippen molar-refractivity contribution in [1.29, 1.82) is 0 Å². The van der Waals surface area contributed by atoms with Crippen molar-refractivity contribution in [2.24, 2.45) is 0 Å². The lowest BCUT2D eigenvalue weighted by molar-refractivity contribution is 0.476. The summed E-state index contributed by atoms with van der Waals surface area (Å²) < 4.78 is 13.1. The molecule has 100 valence electrons. The molecule has 0 aliphatic carbocycles. The van der Waals surface area contributed by atoms with E-state index in [-0.39, 0.29) is 15.8 Å². The van der Waals surface area contributed by atoms with Gasteiger partial charge in [0.05, 0.1) is 10.0 Å². The lowest BCUT2D eigenvalue weighted by Gasteiger charge is -2.09. The minimum atomic E-state index is -0.397. The fraction of sp³-hybridized carbons (Fsp3) is 0.0769. The molecule has 0 atom stereocenters. The highest BCUT2D eigenvalue weighted by molar-refractivity contribution is 6.37. The number of anilines is 1. The van der Waals surface area contributed by atoms with Crippen LogP contribution in [0, 0.1) is 5.82 Å². The van der Waals surface area contributed by atoms with Crippen molar-refractivity contribution >= 4 is 40.5 Å². The van der Waals surface area contributed by atoms with Crippen LogP contribution in [0.2, 0.25) is 15.1 Å². The highest BCUT2D eigenvalue weighted by atomic mass is 35.5. The van der Waals surface area contributed by atoms with Gasteiger partial charge < -0.3 is 10.4 Å². The van der Waals surface area contributed by atoms with Gasteiger partial charge in [0.25, 0.3) is 0 Å². The SMILES string of the molecule is Oc1c(Cl)cc(NCc2cc(F)cc(Cl)c2)cc1Cl. The Morgan fingerprint density at radius 3 is 2.21 bits per heavy atom. The van der Waals surface area contributed by atoms with E-state index < -0.39 is 5.82 Å². The minimum absolute atomic E-state index is 0.146. The standard InChI is InChI=1S/C13H9Cl3FNO/c14-8-1-7(2-9(17)3-8)6-18-10-4-11(15)13(19)12(16)5-10/h1-5,18-19H,6H2. The van der Waals surface area contributed by atoms with E-state index in [1.54, 1.807) is 6.07 Å². The second kappa shape index (κ2) is 5.87. The molecule has 0 saturated carbocycles. The van der Waals surface area contributed by atoms with Gasteiger partial charge in [-0.15, -0.1) is 0 Å². The number of hydrogen-bond donors (Lipinski definition) is 2. The van der Waals surface area contributed by atoms with Gasteiger partial charge in [-0.2, -0.15) is 0 Å². The first-order valence-electron chi connectivity index (χ1n) is 5.32. The predicted molar refractivity (Wildman–Crippen MR) is 76.9 cm³/mol. The summed E-state index contributed by atoms with van der Waals surface area (Å²) in [5.41, 5.74) is 1.30. The molecule has 0 aromatic heterocycles. The summed E-state index contributed by atoms with van der Waals surface area (Å²) in [6, 6.07) is 7.33. The number of benzene rings is 2. The Kier molecular flexibility index (Phi) is 4.40. The average Bonchev–Trinajstić information content (AvgIpc) is 2.32. The largest absolute Gasteiger partial charge is 0.505 e. The van der Waals surface area contributed by atoms with Gasteiger partial charge in [-0.25, -0.2) is 4.39 Å². The second-order valence-electron chi connectivity index (χ2n) is 3.92. The molecule has 0 saturated heterocycles. The topological polar surface area (TPSA) is 32.3 Å². The van der Waals surface area contributed by atoms with E-state index in [2.05, 4.69) is 5.32 Å². The number of rotatable bonds is 3. The van der Waals surface area contributed by atoms with Gasteiger partial charge in [-0.05, 0) is 35.9 Å². The van der Waals surface area contributed by atoms with Crippen LogP contribution in [0.1, 0.15) is 5.56 Å². The van der Waals surface area contributed by atoms with E-state index in [0.717, 1.165) is 0 Å². The number of nitrogens with one attached hydrogen (secondary N) is 1. The molecule has 19 heavy (non-hydrogen) atoms. The summed E-state index contributed by atoms with van der Waals surface area (Å²) >= 11 is 17.4. The van der Waals surface area contributed by atoms with Gasteiger partial charge in [0.15, 0.2) is 5.75 Å². The molecular formula is C13H9Cl3FNO. The molecular weight excluding hydrogens is 312 g/mol. The van der Waals surface area contributed by atoms with Gasteiger partial charge in [0.2, 0.25) is 0 Å². The van der Waals surface area contributed by atoms with Crippen molar-refractivity contribution in [3.8, 4) is 5.75 Å². The molecule has 0 unspecified atom stereocenters. The molecule has 6 heteroatoms. The van der Waals surface area contributed by atoms with Gasteiger partial charge in [0.1, 0.15) is 5.82 Å². The summed E-state index contributed by atoms with van der Waals surface area (Å²) in [7, 11) is 0. The first-order chi connectivity index (χ1) is 8.95. The van der Waals surface area contributed by atoms with Crippen LogP contribution in [-0.2, 0) is 6.54 Å². The average molecular weight is 321 g/mol. The molecule has 2 nitrogen and oxygen atoms in total. The molecule has 0 aliphatic heterocycles. The third-order valence-corrected chi connectivity index (χ3v) is 3.23. The Hall–Kier alpha value is -1.16. The molecule has 0 aliphatic rings. The fourth-order valence-corrected chi connectivity index (χ4v) is 2.32. The third-order valence-electron chi connectivity index (χ3n) is 2.44. The monoisotopic (exact) mass is 319 g/mol. The number of aromatic hydroxyl groups is 1. The lowest BCUT2D eigenvalue weighted by Crippen LogP contribution is -2.00. The number of phenolic OH excluding ortho intramolecular Hbond substituents is 1. The zero-order valence-electron chi connectivity index (χ0n) is 9.55. The molecule has 0 heterocycles. The van der Waals surface area contributed by atoms with Gasteiger partial charge in [-0.3, -0.25) is 0 Å². The number of hydrogen-bond acceptors (Lipinski definition) is 2. The van der Waals surface area contributed by atoms with Crippen LogP contribution in [0.3, 0.4) is 0 Å². The molecule has 2 aromatic rings. The minimum Gasteiger partial charge on any atom is -0.505 e. The van der Waals surface area contributed by atoms with E-state index in [9.17, 15) is 9.50 Å². The molecule has 0 amide bonds. The smallest absolute Gasteiger partial charge is 0.152 e. The van der Waals surface area contributed by atoms with Crippen LogP contribution in [-0.4, -0.2) is 5.11 Å². The summed E-state index contributed by atoms with van der Waals surface area (Å²) in [5, 5.41) is 13.1. The van der Waals surface area contributed by atoms with Crippen LogP contribution in [0.25, 0.3) is 0 Å². The first kappa shape index (κ1) is 14.3. The van der Waals surface area contributed by atoms with Crippen molar-refractivity contribution in [2.75, 3.05) is 5.32 Å². The Bertz CT molecular complexity index is 576. The Balaban J connectivity index is 2.14. The molecule has 2 rings (SSSR count). The molecule has 0 bridgehead atoms. The van der Waals surface area contributed by atoms with Gasteiger partial charge >= 0.3 is 0 Å². The van der Waals surface area contributed by atoms with Crippen molar-refractivity contribution < 1.29 is 9.50 Å². The quantitative estimate of drug-likeness (QED) is 0.771. The van der Waals surface area contributed by atoms with Crippen LogP contribution >= 0.6 is 34.8 Å². The van der Waals surface area contributed by atoms with E-state index in [1.165, 1.54) is 24.3 Å². The van der Waals surface area contributed by atoms with Gasteiger partial charge in [-0.1, -0.05) is 34.8 Å². The van der Waals surface area contributed by atoms with Crippen molar-refractivity contribution in [1.82, 2.24) is 0 Å². The van der Waals surface area contributed by atoms with Crippen LogP contribution < -0.4 is 5.32 Å². The van der Waals surface area contributed by atoms with Crippen LogP contribution in [0.4, 0.5) is 10.1 Å². The maximum absolute atomic E-state index is 13.1. The summed E-state index contributed by atoms with van der Waals surface area (Å²) in [4.78, 5) is 0. The zero-order chi connectivity index (χ0) is 14.0. The van der Waals surface area contributed by atoms with E-state index in [1.807, 2.05) is 0 Å². The Morgan fingerprint density at radius 2 is 1.63 bits per heavy atom. The lowest BCUT2D eigenvalue weighted by atomic mass is 10.2. The summed E-state index contributed by atoms with van der Waals surface area (Å²) in [5.74, 6) is -0.561. The second-order valence-corrected chi connectivity index (χ2v) is 5.17. The highest BCUT2D eigenvalue weighted by Gasteiger charge is 2.07. The maximum Gasteiger partial charge on any atom is 0.152 e. The predicted octanol–water partition coefficient (Wildman–Crippen LogP) is 5.10. The van der Waals surface area contributed by atoms with Crippen molar-refractivity contribution in [2.45, 2.75) is 6.54 Å². The number of phenols is 1. The highest BCUT2D eigenvalue weighted by Crippen LogP contribution is 2.34. The van der Waals surface area contributed by atoms with Crippen molar-refractivity contribution in [3.05, 3.63) is 56.8 Å². The van der Waals surface area contributed by atoms with E-state index in [4.69, 9.17) is 34.8 Å². The summed E-state index contributed by atoms with van der Waals surface area (Å²) in [6.45, 7) is 0.356. The molecule has 0 spiro atoms. The molecule has 2 aromatic carbocycles.